The molecule has 2 N–H and O–H groups in total. The zero-order valence-electron chi connectivity index (χ0n) is 15.1. The van der Waals surface area contributed by atoms with Gasteiger partial charge in [-0.1, -0.05) is 30.3 Å². The van der Waals surface area contributed by atoms with Gasteiger partial charge in [0.1, 0.15) is 5.00 Å². The van der Waals surface area contributed by atoms with Crippen molar-refractivity contribution in [2.75, 3.05) is 26.5 Å². The van der Waals surface area contributed by atoms with Gasteiger partial charge >= 0.3 is 5.97 Å². The maximum absolute atomic E-state index is 12.3. The molecular weight excluding hydrogens is 370 g/mol. The lowest BCUT2D eigenvalue weighted by molar-refractivity contribution is 0.0601. The zero-order valence-corrected chi connectivity index (χ0v) is 16.7. The van der Waals surface area contributed by atoms with Gasteiger partial charge in [0.05, 0.1) is 17.6 Å². The number of nitrogens with zero attached hydrogens (tertiary/aromatic N) is 1. The Morgan fingerprint density at radius 2 is 1.88 bits per heavy atom. The van der Waals surface area contributed by atoms with Crippen molar-refractivity contribution >= 4 is 45.5 Å². The molecule has 1 aromatic heterocycles. The van der Waals surface area contributed by atoms with Gasteiger partial charge in [-0.2, -0.15) is 0 Å². The number of ether oxygens (including phenoxy) is 1. The van der Waals surface area contributed by atoms with E-state index >= 15 is 0 Å². The number of thiocarbonyl (C=S) groups is 1. The Morgan fingerprint density at radius 1 is 1.23 bits per heavy atom. The van der Waals surface area contributed by atoms with Crippen LogP contribution in [0.3, 0.4) is 0 Å². The number of benzene rings is 1. The highest BCUT2D eigenvalue weighted by atomic mass is 32.1. The number of hydrogen-bond donors (Lipinski definition) is 2. The molecule has 8 heteroatoms. The van der Waals surface area contributed by atoms with Crippen LogP contribution >= 0.6 is 23.6 Å². The molecule has 2 aromatic rings. The lowest BCUT2D eigenvalue weighted by atomic mass is 10.1. The SMILES string of the molecule is COC(=O)c1c(NC(=S)NCc2ccccc2)sc(C(=O)N(C)C)c1C. The van der Waals surface area contributed by atoms with Gasteiger partial charge < -0.3 is 20.3 Å². The highest BCUT2D eigenvalue weighted by Crippen LogP contribution is 2.34. The first kappa shape index (κ1) is 19.9. The molecule has 0 unspecified atom stereocenters. The van der Waals surface area contributed by atoms with Crippen molar-refractivity contribution in [3.8, 4) is 0 Å². The molecule has 6 nitrogen and oxygen atoms in total. The Balaban J connectivity index is 2.21. The quantitative estimate of drug-likeness (QED) is 0.603. The number of methoxy groups -OCH3 is 1. The summed E-state index contributed by atoms with van der Waals surface area (Å²) < 4.78 is 4.86. The molecule has 0 aliphatic heterocycles. The molecule has 0 aliphatic rings. The average molecular weight is 392 g/mol. The Morgan fingerprint density at radius 3 is 2.46 bits per heavy atom. The van der Waals surface area contributed by atoms with Crippen LogP contribution in [0.15, 0.2) is 30.3 Å². The van der Waals surface area contributed by atoms with Crippen molar-refractivity contribution in [3.63, 3.8) is 0 Å². The molecule has 26 heavy (non-hydrogen) atoms. The fourth-order valence-corrected chi connectivity index (χ4v) is 3.74. The van der Waals surface area contributed by atoms with Crippen LogP contribution in [0.5, 0.6) is 0 Å². The van der Waals surface area contributed by atoms with Crippen LogP contribution < -0.4 is 10.6 Å². The van der Waals surface area contributed by atoms with E-state index in [2.05, 4.69) is 10.6 Å². The first-order chi connectivity index (χ1) is 12.3. The highest BCUT2D eigenvalue weighted by Gasteiger charge is 2.26. The molecule has 0 atom stereocenters. The molecule has 1 amide bonds. The van der Waals surface area contributed by atoms with Crippen LogP contribution in [0.4, 0.5) is 5.00 Å². The summed E-state index contributed by atoms with van der Waals surface area (Å²) in [4.78, 5) is 26.5. The number of rotatable bonds is 5. The maximum atomic E-state index is 12.3. The summed E-state index contributed by atoms with van der Waals surface area (Å²) in [6.07, 6.45) is 0. The topological polar surface area (TPSA) is 70.7 Å². The number of carbonyl (C=O) groups is 2. The van der Waals surface area contributed by atoms with Gasteiger partial charge in [0.2, 0.25) is 0 Å². The molecule has 0 spiro atoms. The third-order valence-corrected chi connectivity index (χ3v) is 5.10. The number of thiophene rings is 1. The minimum atomic E-state index is -0.509. The minimum absolute atomic E-state index is 0.172. The van der Waals surface area contributed by atoms with Gasteiger partial charge in [0.15, 0.2) is 5.11 Å². The van der Waals surface area contributed by atoms with Crippen molar-refractivity contribution in [3.05, 3.63) is 51.9 Å². The normalized spacial score (nSPS) is 10.2. The van der Waals surface area contributed by atoms with Gasteiger partial charge in [-0.25, -0.2) is 4.79 Å². The van der Waals surface area contributed by atoms with Crippen molar-refractivity contribution in [1.29, 1.82) is 0 Å². The molecule has 1 aromatic carbocycles. The number of nitrogens with one attached hydrogen (secondary N) is 2. The fourth-order valence-electron chi connectivity index (χ4n) is 2.28. The summed E-state index contributed by atoms with van der Waals surface area (Å²) in [6, 6.07) is 9.81. The number of hydrogen-bond acceptors (Lipinski definition) is 5. The minimum Gasteiger partial charge on any atom is -0.465 e. The van der Waals surface area contributed by atoms with Crippen LogP contribution in [0, 0.1) is 6.92 Å². The van der Waals surface area contributed by atoms with E-state index in [-0.39, 0.29) is 5.91 Å². The summed E-state index contributed by atoms with van der Waals surface area (Å²) in [7, 11) is 4.64. The lowest BCUT2D eigenvalue weighted by Crippen LogP contribution is -2.28. The first-order valence-electron chi connectivity index (χ1n) is 7.87. The molecule has 0 aliphatic carbocycles. The van der Waals surface area contributed by atoms with Crippen LogP contribution in [0.2, 0.25) is 0 Å². The summed E-state index contributed by atoms with van der Waals surface area (Å²) in [5.41, 5.74) is 1.98. The Bertz CT molecular complexity index is 817. The molecule has 0 radical (unpaired) electrons. The largest absolute Gasteiger partial charge is 0.465 e. The smallest absolute Gasteiger partial charge is 0.341 e. The Hall–Kier alpha value is -2.45. The van der Waals surface area contributed by atoms with Crippen LogP contribution in [-0.4, -0.2) is 43.1 Å². The first-order valence-corrected chi connectivity index (χ1v) is 9.09. The average Bonchev–Trinajstić information content (AvgIpc) is 2.95. The van der Waals surface area contributed by atoms with E-state index in [1.165, 1.54) is 23.3 Å². The van der Waals surface area contributed by atoms with Crippen molar-refractivity contribution < 1.29 is 14.3 Å². The molecule has 0 saturated carbocycles. The number of esters is 1. The van der Waals surface area contributed by atoms with E-state index < -0.39 is 5.97 Å². The summed E-state index contributed by atoms with van der Waals surface area (Å²) in [5.74, 6) is -0.682. The van der Waals surface area contributed by atoms with Crippen LogP contribution in [0.1, 0.15) is 31.2 Å². The highest BCUT2D eigenvalue weighted by molar-refractivity contribution is 7.80. The van der Waals surface area contributed by atoms with E-state index in [1.807, 2.05) is 30.3 Å². The molecule has 0 fully saturated rings. The molecule has 1 heterocycles. The Labute approximate surface area is 162 Å². The third kappa shape index (κ3) is 4.59. The van der Waals surface area contributed by atoms with E-state index in [0.29, 0.717) is 32.7 Å². The maximum Gasteiger partial charge on any atom is 0.341 e. The standard InChI is InChI=1S/C18H21N3O3S2/c1-11-13(17(23)24-4)15(26-14(11)16(22)21(2)3)20-18(25)19-10-12-8-6-5-7-9-12/h5-9H,10H2,1-4H3,(H2,19,20,25). The molecule has 0 bridgehead atoms. The van der Waals surface area contributed by atoms with E-state index in [9.17, 15) is 9.59 Å². The van der Waals surface area contributed by atoms with Crippen LogP contribution in [0.25, 0.3) is 0 Å². The second kappa shape index (κ2) is 8.77. The molecular formula is C18H21N3O3S2. The second-order valence-electron chi connectivity index (χ2n) is 5.74. The predicted octanol–water partition coefficient (Wildman–Crippen LogP) is 3.03. The van der Waals surface area contributed by atoms with Crippen molar-refractivity contribution in [2.45, 2.75) is 13.5 Å². The van der Waals surface area contributed by atoms with Gasteiger partial charge in [0, 0.05) is 20.6 Å². The number of anilines is 1. The number of amides is 1. The van der Waals surface area contributed by atoms with Gasteiger partial charge in [0.25, 0.3) is 5.91 Å². The second-order valence-corrected chi connectivity index (χ2v) is 7.17. The van der Waals surface area contributed by atoms with E-state index in [1.54, 1.807) is 21.0 Å². The predicted molar refractivity (Wildman–Crippen MR) is 108 cm³/mol. The third-order valence-electron chi connectivity index (χ3n) is 3.66. The zero-order chi connectivity index (χ0) is 19.3. The summed E-state index contributed by atoms with van der Waals surface area (Å²) >= 11 is 6.51. The monoisotopic (exact) mass is 391 g/mol. The fraction of sp³-hybridized carbons (Fsp3) is 0.278. The molecule has 2 rings (SSSR count). The van der Waals surface area contributed by atoms with Gasteiger partial charge in [-0.05, 0) is 30.3 Å². The summed E-state index contributed by atoms with van der Waals surface area (Å²) in [5, 5.41) is 6.97. The van der Waals surface area contributed by atoms with Gasteiger partial charge in [-0.3, -0.25) is 4.79 Å². The number of carbonyl (C=O) groups excluding carboxylic acids is 2. The van der Waals surface area contributed by atoms with Gasteiger partial charge in [-0.15, -0.1) is 11.3 Å². The lowest BCUT2D eigenvalue weighted by Gasteiger charge is -2.10. The van der Waals surface area contributed by atoms with Crippen molar-refractivity contribution in [2.24, 2.45) is 0 Å². The molecule has 0 saturated heterocycles. The Kier molecular flexibility index (Phi) is 6.70. The van der Waals surface area contributed by atoms with E-state index in [0.717, 1.165) is 5.56 Å². The van der Waals surface area contributed by atoms with E-state index in [4.69, 9.17) is 17.0 Å². The van der Waals surface area contributed by atoms with Crippen LogP contribution in [-0.2, 0) is 11.3 Å². The molecule has 138 valence electrons. The summed E-state index contributed by atoms with van der Waals surface area (Å²) in [6.45, 7) is 2.28. The van der Waals surface area contributed by atoms with Crippen molar-refractivity contribution in [1.82, 2.24) is 10.2 Å².